The van der Waals surface area contributed by atoms with Gasteiger partial charge in [-0.2, -0.15) is 9.61 Å². The summed E-state index contributed by atoms with van der Waals surface area (Å²) >= 11 is 0. The van der Waals surface area contributed by atoms with Gasteiger partial charge < -0.3 is 5.11 Å². The molecule has 0 bridgehead atoms. The predicted molar refractivity (Wildman–Crippen MR) is 165 cm³/mol. The van der Waals surface area contributed by atoms with Crippen molar-refractivity contribution in [3.8, 4) is 22.4 Å². The van der Waals surface area contributed by atoms with Gasteiger partial charge in [-0.3, -0.25) is 14.5 Å². The van der Waals surface area contributed by atoms with E-state index < -0.39 is 11.1 Å². The van der Waals surface area contributed by atoms with Gasteiger partial charge in [-0.1, -0.05) is 66.7 Å². The third-order valence-electron chi connectivity index (χ3n) is 9.73. The molecule has 0 spiro atoms. The Balaban J connectivity index is 1.18. The molecule has 0 atom stereocenters. The highest BCUT2D eigenvalue weighted by Gasteiger charge is 2.66. The molecule has 3 aliphatic rings. The van der Waals surface area contributed by atoms with Crippen LogP contribution < -0.4 is 0 Å². The monoisotopic (exact) mass is 577 g/mol. The van der Waals surface area contributed by atoms with Crippen LogP contribution in [-0.4, -0.2) is 47.0 Å². The third kappa shape index (κ3) is 3.51. The standard InChI is InChI=1S/C36H27N5O3/c42-33-27-8-4-5-9-28(27)34(43)40(33)35(20-36(44,21-35)26-14-15-26)25-12-10-23(11-13-25)31-29(22-6-2-1-3-7-22)18-24-19-37-30-16-17-38-41(30)32(24)39-31/h1-13,16-19,26,44H,14-15,20-21H2/t35-,36+. The summed E-state index contributed by atoms with van der Waals surface area (Å²) < 4.78 is 1.74. The SMILES string of the molecule is O=C1c2ccccc2C(=O)N1[C@]1(c2ccc(-c3nc4c(cnc5ccnn54)cc3-c3ccccc3)cc2)C[C@@](O)(C2CC2)C1. The molecule has 2 fully saturated rings. The number of hydrogen-bond donors (Lipinski definition) is 1. The first kappa shape index (κ1) is 25.3. The van der Waals surface area contributed by atoms with Gasteiger partial charge in [0.1, 0.15) is 0 Å². The number of aliphatic hydroxyl groups is 1. The molecular formula is C36H27N5O3. The molecule has 2 saturated carbocycles. The van der Waals surface area contributed by atoms with Crippen LogP contribution in [0, 0.1) is 5.92 Å². The number of carbonyl (C=O) groups is 2. The summed E-state index contributed by atoms with van der Waals surface area (Å²) in [6, 6.07) is 29.0. The molecule has 214 valence electrons. The number of pyridine rings is 1. The summed E-state index contributed by atoms with van der Waals surface area (Å²) in [5.74, 6) is -0.382. The van der Waals surface area contributed by atoms with Gasteiger partial charge in [-0.25, -0.2) is 9.97 Å². The predicted octanol–water partition coefficient (Wildman–Crippen LogP) is 6.04. The molecule has 1 aliphatic heterocycles. The van der Waals surface area contributed by atoms with Crippen molar-refractivity contribution in [1.82, 2.24) is 24.5 Å². The Morgan fingerprint density at radius 1 is 0.773 bits per heavy atom. The van der Waals surface area contributed by atoms with Crippen LogP contribution >= 0.6 is 0 Å². The Kier molecular flexibility index (Phi) is 5.12. The van der Waals surface area contributed by atoms with Crippen molar-refractivity contribution in [1.29, 1.82) is 0 Å². The first-order valence-corrected chi connectivity index (χ1v) is 15.0. The average Bonchev–Trinajstić information content (AvgIpc) is 3.74. The van der Waals surface area contributed by atoms with Crippen molar-refractivity contribution >= 4 is 28.5 Å². The molecule has 2 amide bonds. The number of imide groups is 1. The van der Waals surface area contributed by atoms with E-state index in [-0.39, 0.29) is 17.7 Å². The third-order valence-corrected chi connectivity index (χ3v) is 9.73. The lowest BCUT2D eigenvalue weighted by Gasteiger charge is -2.57. The zero-order chi connectivity index (χ0) is 29.6. The second-order valence-electron chi connectivity index (χ2n) is 12.4. The highest BCUT2D eigenvalue weighted by molar-refractivity contribution is 6.22. The molecule has 4 heterocycles. The summed E-state index contributed by atoms with van der Waals surface area (Å²) in [7, 11) is 0. The van der Waals surface area contributed by atoms with Crippen LogP contribution in [0.3, 0.4) is 0 Å². The molecule has 8 heteroatoms. The van der Waals surface area contributed by atoms with Crippen molar-refractivity contribution < 1.29 is 14.7 Å². The van der Waals surface area contributed by atoms with E-state index in [0.29, 0.717) is 29.6 Å². The Bertz CT molecular complexity index is 2110. The molecule has 0 radical (unpaired) electrons. The molecule has 9 rings (SSSR count). The number of amides is 2. The number of benzene rings is 3. The maximum atomic E-state index is 13.7. The molecule has 3 aromatic heterocycles. The fourth-order valence-electron chi connectivity index (χ4n) is 7.41. The van der Waals surface area contributed by atoms with Gasteiger partial charge in [0.15, 0.2) is 11.3 Å². The second kappa shape index (κ2) is 8.90. The highest BCUT2D eigenvalue weighted by Crippen LogP contribution is 2.61. The molecule has 2 aliphatic carbocycles. The molecule has 3 aromatic carbocycles. The summed E-state index contributed by atoms with van der Waals surface area (Å²) in [6.07, 6.45) is 6.16. The van der Waals surface area contributed by atoms with Crippen molar-refractivity contribution in [3.05, 3.63) is 120 Å². The highest BCUT2D eigenvalue weighted by atomic mass is 16.3. The molecule has 1 N–H and O–H groups in total. The van der Waals surface area contributed by atoms with E-state index in [4.69, 9.17) is 4.98 Å². The number of fused-ring (bicyclic) bond motifs is 4. The van der Waals surface area contributed by atoms with Gasteiger partial charge in [-0.05, 0) is 48.1 Å². The largest absolute Gasteiger partial charge is 0.389 e. The van der Waals surface area contributed by atoms with Crippen LogP contribution in [0.25, 0.3) is 39.1 Å². The first-order chi connectivity index (χ1) is 21.5. The van der Waals surface area contributed by atoms with Crippen LogP contribution in [0.15, 0.2) is 103 Å². The summed E-state index contributed by atoms with van der Waals surface area (Å²) in [5, 5.41) is 16.8. The van der Waals surface area contributed by atoms with E-state index in [2.05, 4.69) is 28.3 Å². The van der Waals surface area contributed by atoms with Crippen molar-refractivity contribution in [3.63, 3.8) is 0 Å². The molecule has 44 heavy (non-hydrogen) atoms. The summed E-state index contributed by atoms with van der Waals surface area (Å²) in [4.78, 5) is 38.5. The molecular weight excluding hydrogens is 550 g/mol. The van der Waals surface area contributed by atoms with Gasteiger partial charge >= 0.3 is 0 Å². The van der Waals surface area contributed by atoms with Gasteiger partial charge in [0.25, 0.3) is 11.8 Å². The van der Waals surface area contributed by atoms with E-state index in [9.17, 15) is 14.7 Å². The number of carbonyl (C=O) groups excluding carboxylic acids is 2. The van der Waals surface area contributed by atoms with Crippen LogP contribution in [-0.2, 0) is 5.54 Å². The lowest BCUT2D eigenvalue weighted by Crippen LogP contribution is -2.65. The molecule has 0 saturated heterocycles. The zero-order valence-electron chi connectivity index (χ0n) is 23.7. The Hall–Kier alpha value is -5.21. The topological polar surface area (TPSA) is 101 Å². The number of hydrogen-bond acceptors (Lipinski definition) is 6. The van der Waals surface area contributed by atoms with E-state index in [0.717, 1.165) is 51.8 Å². The van der Waals surface area contributed by atoms with Crippen LogP contribution in [0.2, 0.25) is 0 Å². The number of nitrogens with zero attached hydrogens (tertiary/aromatic N) is 5. The van der Waals surface area contributed by atoms with Crippen molar-refractivity contribution in [2.45, 2.75) is 36.8 Å². The molecule has 6 aromatic rings. The first-order valence-electron chi connectivity index (χ1n) is 15.0. The van der Waals surface area contributed by atoms with Crippen LogP contribution in [0.1, 0.15) is 52.0 Å². The number of rotatable bonds is 5. The maximum absolute atomic E-state index is 13.7. The van der Waals surface area contributed by atoms with E-state index in [1.165, 1.54) is 4.90 Å². The van der Waals surface area contributed by atoms with Gasteiger partial charge in [-0.15, -0.1) is 0 Å². The van der Waals surface area contributed by atoms with E-state index in [1.807, 2.05) is 54.7 Å². The fourth-order valence-corrected chi connectivity index (χ4v) is 7.41. The normalized spacial score (nSPS) is 22.9. The maximum Gasteiger partial charge on any atom is 0.262 e. The summed E-state index contributed by atoms with van der Waals surface area (Å²) in [6.45, 7) is 0. The number of aromatic nitrogens is 4. The van der Waals surface area contributed by atoms with Crippen molar-refractivity contribution in [2.24, 2.45) is 5.92 Å². The Morgan fingerprint density at radius 2 is 1.45 bits per heavy atom. The zero-order valence-corrected chi connectivity index (χ0v) is 23.7. The van der Waals surface area contributed by atoms with Crippen LogP contribution in [0.5, 0.6) is 0 Å². The minimum Gasteiger partial charge on any atom is -0.389 e. The van der Waals surface area contributed by atoms with E-state index >= 15 is 0 Å². The van der Waals surface area contributed by atoms with Gasteiger partial charge in [0, 0.05) is 41.6 Å². The Morgan fingerprint density at radius 3 is 2.14 bits per heavy atom. The van der Waals surface area contributed by atoms with E-state index in [1.54, 1.807) is 35.0 Å². The molecule has 8 nitrogen and oxygen atoms in total. The smallest absolute Gasteiger partial charge is 0.262 e. The second-order valence-corrected chi connectivity index (χ2v) is 12.4. The average molecular weight is 578 g/mol. The van der Waals surface area contributed by atoms with Crippen molar-refractivity contribution in [2.75, 3.05) is 0 Å². The van der Waals surface area contributed by atoms with Gasteiger partial charge in [0.2, 0.25) is 0 Å². The summed E-state index contributed by atoms with van der Waals surface area (Å²) in [5.41, 5.74) is 4.96. The molecule has 0 unspecified atom stereocenters. The lowest BCUT2D eigenvalue weighted by atomic mass is 9.58. The minimum absolute atomic E-state index is 0.217. The van der Waals surface area contributed by atoms with Crippen LogP contribution in [0.4, 0.5) is 0 Å². The fraction of sp³-hybridized carbons (Fsp3) is 0.194. The lowest BCUT2D eigenvalue weighted by molar-refractivity contribution is -0.143. The Labute approximate surface area is 252 Å². The minimum atomic E-state index is -0.922. The quantitative estimate of drug-likeness (QED) is 0.251. The van der Waals surface area contributed by atoms with Gasteiger partial charge in [0.05, 0.1) is 34.2 Å².